The summed E-state index contributed by atoms with van der Waals surface area (Å²) >= 11 is 0. The van der Waals surface area contributed by atoms with Crippen molar-refractivity contribution >= 4 is 23.1 Å². The number of amides is 1. The maximum absolute atomic E-state index is 12.6. The zero-order valence-electron chi connectivity index (χ0n) is 15.5. The molecule has 1 aromatic carbocycles. The van der Waals surface area contributed by atoms with Crippen molar-refractivity contribution < 1.29 is 9.53 Å². The van der Waals surface area contributed by atoms with Crippen LogP contribution < -0.4 is 31.9 Å². The minimum atomic E-state index is -0.663. The van der Waals surface area contributed by atoms with E-state index in [4.69, 9.17) is 10.5 Å². The van der Waals surface area contributed by atoms with Gasteiger partial charge in [0.05, 0.1) is 12.8 Å². The van der Waals surface area contributed by atoms with E-state index in [-0.39, 0.29) is 11.5 Å². The quantitative estimate of drug-likeness (QED) is 0.784. The Balaban J connectivity index is 2.40. The van der Waals surface area contributed by atoms with Gasteiger partial charge >= 0.3 is 5.69 Å². The summed E-state index contributed by atoms with van der Waals surface area (Å²) < 4.78 is 7.20. The second-order valence-electron chi connectivity index (χ2n) is 6.11. The number of aryl methyl sites for hydroxylation is 1. The third kappa shape index (κ3) is 3.56. The zero-order valence-corrected chi connectivity index (χ0v) is 15.5. The summed E-state index contributed by atoms with van der Waals surface area (Å²) in [6, 6.07) is 5.31. The molecule has 0 radical (unpaired) electrons. The first-order valence-corrected chi connectivity index (χ1v) is 7.88. The predicted octanol–water partition coefficient (Wildman–Crippen LogP) is 0.151. The molecule has 140 valence electrons. The first-order valence-electron chi connectivity index (χ1n) is 7.88. The summed E-state index contributed by atoms with van der Waals surface area (Å²) in [5.74, 6) is 0.0000697. The minimum Gasteiger partial charge on any atom is -0.495 e. The van der Waals surface area contributed by atoms with E-state index in [1.165, 1.54) is 19.1 Å². The number of aromatic nitrogens is 2. The van der Waals surface area contributed by atoms with Crippen molar-refractivity contribution in [2.45, 2.75) is 13.5 Å². The molecule has 3 N–H and O–H groups in total. The molecule has 0 fully saturated rings. The highest BCUT2D eigenvalue weighted by molar-refractivity contribution is 5.92. The standard InChI is InChI=1S/C17H23N5O4/c1-10-6-7-12(26-5)11(8-10)19-13(23)9-22-16(24)14(20(2)3)15(18)21(4)17(22)25/h6-8H,9,18H2,1-5H3,(H,19,23). The van der Waals surface area contributed by atoms with Crippen LogP contribution in [-0.4, -0.2) is 36.2 Å². The van der Waals surface area contributed by atoms with Crippen molar-refractivity contribution in [3.05, 3.63) is 44.6 Å². The van der Waals surface area contributed by atoms with Gasteiger partial charge in [0.2, 0.25) is 5.91 Å². The van der Waals surface area contributed by atoms with Crippen LogP contribution in [-0.2, 0) is 18.4 Å². The average Bonchev–Trinajstić information content (AvgIpc) is 2.57. The summed E-state index contributed by atoms with van der Waals surface area (Å²) in [6.07, 6.45) is 0. The van der Waals surface area contributed by atoms with Crippen LogP contribution in [0.25, 0.3) is 0 Å². The molecule has 1 amide bonds. The second kappa shape index (κ2) is 7.34. The molecule has 0 saturated carbocycles. The van der Waals surface area contributed by atoms with E-state index < -0.39 is 23.7 Å². The number of nitrogen functional groups attached to an aromatic ring is 1. The van der Waals surface area contributed by atoms with E-state index in [2.05, 4.69) is 5.32 Å². The topological polar surface area (TPSA) is 112 Å². The van der Waals surface area contributed by atoms with Gasteiger partial charge in [-0.1, -0.05) is 6.07 Å². The molecule has 0 bridgehead atoms. The van der Waals surface area contributed by atoms with Crippen LogP contribution in [0.5, 0.6) is 5.75 Å². The highest BCUT2D eigenvalue weighted by Crippen LogP contribution is 2.25. The van der Waals surface area contributed by atoms with Crippen molar-refractivity contribution in [3.63, 3.8) is 0 Å². The first kappa shape index (κ1) is 19.1. The van der Waals surface area contributed by atoms with Crippen LogP contribution in [0.15, 0.2) is 27.8 Å². The maximum Gasteiger partial charge on any atom is 0.332 e. The van der Waals surface area contributed by atoms with E-state index in [9.17, 15) is 14.4 Å². The van der Waals surface area contributed by atoms with Crippen molar-refractivity contribution in [1.82, 2.24) is 9.13 Å². The van der Waals surface area contributed by atoms with Gasteiger partial charge < -0.3 is 20.7 Å². The molecular formula is C17H23N5O4. The number of methoxy groups -OCH3 is 1. The fourth-order valence-corrected chi connectivity index (χ4v) is 2.58. The number of nitrogens with one attached hydrogen (secondary N) is 1. The molecule has 1 heterocycles. The summed E-state index contributed by atoms with van der Waals surface area (Å²) in [5, 5.41) is 2.67. The molecular weight excluding hydrogens is 338 g/mol. The van der Waals surface area contributed by atoms with Crippen LogP contribution in [0.3, 0.4) is 0 Å². The third-order valence-corrected chi connectivity index (χ3v) is 3.95. The Kier molecular flexibility index (Phi) is 5.39. The lowest BCUT2D eigenvalue weighted by molar-refractivity contribution is -0.116. The highest BCUT2D eigenvalue weighted by atomic mass is 16.5. The largest absolute Gasteiger partial charge is 0.495 e. The van der Waals surface area contributed by atoms with Gasteiger partial charge in [0.15, 0.2) is 0 Å². The minimum absolute atomic E-state index is 0.0435. The van der Waals surface area contributed by atoms with Crippen molar-refractivity contribution in [2.24, 2.45) is 7.05 Å². The van der Waals surface area contributed by atoms with E-state index in [0.29, 0.717) is 11.4 Å². The van der Waals surface area contributed by atoms with Crippen LogP contribution in [0.4, 0.5) is 17.2 Å². The van der Waals surface area contributed by atoms with E-state index >= 15 is 0 Å². The lowest BCUT2D eigenvalue weighted by atomic mass is 10.2. The molecule has 0 saturated heterocycles. The van der Waals surface area contributed by atoms with Gasteiger partial charge in [0.25, 0.3) is 5.56 Å². The van der Waals surface area contributed by atoms with Gasteiger partial charge in [0, 0.05) is 21.1 Å². The molecule has 0 unspecified atom stereocenters. The summed E-state index contributed by atoms with van der Waals surface area (Å²) in [6.45, 7) is 1.43. The van der Waals surface area contributed by atoms with E-state index in [0.717, 1.165) is 14.7 Å². The van der Waals surface area contributed by atoms with Gasteiger partial charge in [-0.05, 0) is 24.6 Å². The molecule has 0 aliphatic rings. The Morgan fingerprint density at radius 2 is 1.96 bits per heavy atom. The molecule has 9 heteroatoms. The van der Waals surface area contributed by atoms with Crippen molar-refractivity contribution in [3.8, 4) is 5.75 Å². The predicted molar refractivity (Wildman–Crippen MR) is 101 cm³/mol. The van der Waals surface area contributed by atoms with E-state index in [1.807, 2.05) is 13.0 Å². The van der Waals surface area contributed by atoms with Crippen molar-refractivity contribution in [1.29, 1.82) is 0 Å². The van der Waals surface area contributed by atoms with Crippen LogP contribution in [0, 0.1) is 6.92 Å². The first-order chi connectivity index (χ1) is 12.2. The van der Waals surface area contributed by atoms with Gasteiger partial charge in [-0.2, -0.15) is 0 Å². The summed E-state index contributed by atoms with van der Waals surface area (Å²) in [4.78, 5) is 38.9. The number of hydrogen-bond donors (Lipinski definition) is 2. The number of hydrogen-bond acceptors (Lipinski definition) is 6. The number of rotatable bonds is 5. The fourth-order valence-electron chi connectivity index (χ4n) is 2.58. The summed E-state index contributed by atoms with van der Waals surface area (Å²) in [7, 11) is 6.21. The summed E-state index contributed by atoms with van der Waals surface area (Å²) in [5.41, 5.74) is 6.11. The second-order valence-corrected chi connectivity index (χ2v) is 6.11. The number of carbonyl (C=O) groups excluding carboxylic acids is 1. The smallest absolute Gasteiger partial charge is 0.332 e. The van der Waals surface area contributed by atoms with Crippen LogP contribution in [0.1, 0.15) is 5.56 Å². The molecule has 0 atom stereocenters. The lowest BCUT2D eigenvalue weighted by Gasteiger charge is -2.18. The molecule has 0 aliphatic carbocycles. The Hall–Kier alpha value is -3.23. The number of nitrogens with two attached hydrogens (primary N) is 1. The Labute approximate surface area is 150 Å². The maximum atomic E-state index is 12.6. The number of nitrogens with zero attached hydrogens (tertiary/aromatic N) is 3. The van der Waals surface area contributed by atoms with Gasteiger partial charge in [-0.25, -0.2) is 9.36 Å². The van der Waals surface area contributed by atoms with Crippen LogP contribution >= 0.6 is 0 Å². The number of ether oxygens (including phenoxy) is 1. The molecule has 9 nitrogen and oxygen atoms in total. The average molecular weight is 361 g/mol. The van der Waals surface area contributed by atoms with Gasteiger partial charge in [-0.3, -0.25) is 14.2 Å². The highest BCUT2D eigenvalue weighted by Gasteiger charge is 2.19. The molecule has 1 aromatic heterocycles. The van der Waals surface area contributed by atoms with E-state index in [1.54, 1.807) is 26.2 Å². The zero-order chi connectivity index (χ0) is 19.6. The molecule has 0 aliphatic heterocycles. The van der Waals surface area contributed by atoms with Gasteiger partial charge in [0.1, 0.15) is 23.8 Å². The molecule has 26 heavy (non-hydrogen) atoms. The Morgan fingerprint density at radius 1 is 1.31 bits per heavy atom. The molecule has 2 rings (SSSR count). The fraction of sp³-hybridized carbons (Fsp3) is 0.353. The normalized spacial score (nSPS) is 10.5. The Bertz CT molecular complexity index is 959. The number of benzene rings is 1. The lowest BCUT2D eigenvalue weighted by Crippen LogP contribution is -2.44. The SMILES string of the molecule is COc1ccc(C)cc1NC(=O)Cn1c(=O)c(N(C)C)c(N)n(C)c1=O. The molecule has 2 aromatic rings. The number of carbonyl (C=O) groups is 1. The monoisotopic (exact) mass is 361 g/mol. The third-order valence-electron chi connectivity index (χ3n) is 3.95. The molecule has 0 spiro atoms. The van der Waals surface area contributed by atoms with Gasteiger partial charge in [-0.15, -0.1) is 0 Å². The van der Waals surface area contributed by atoms with Crippen molar-refractivity contribution in [2.75, 3.05) is 37.2 Å². The Morgan fingerprint density at radius 3 is 2.54 bits per heavy atom. The number of anilines is 3. The van der Waals surface area contributed by atoms with Crippen LogP contribution in [0.2, 0.25) is 0 Å².